The van der Waals surface area contributed by atoms with E-state index in [1.165, 1.54) is 48.2 Å². The van der Waals surface area contributed by atoms with Gasteiger partial charge in [0.15, 0.2) is 8.32 Å². The van der Waals surface area contributed by atoms with Gasteiger partial charge < -0.3 is 9.53 Å². The molecule has 2 heterocycles. The minimum Gasteiger partial charge on any atom is -0.478 e. The second-order valence-corrected chi connectivity index (χ2v) is 20.6. The molecular weight excluding hydrogens is 680 g/mol. The number of carboxylic acid groups (broad SMARTS) is 1. The molecule has 4 rings (SSSR count). The molecule has 49 heavy (non-hydrogen) atoms. The molecule has 2 aromatic carbocycles. The Hall–Kier alpha value is -4.20. The summed E-state index contributed by atoms with van der Waals surface area (Å²) in [6.07, 6.45) is -4.38. The van der Waals surface area contributed by atoms with Crippen LogP contribution in [0.25, 0.3) is 0 Å². The SMILES string of the molecule is CC1=C(C(=O)O)C(c2ccc(C#N)cc2)n2c(nn(CCCS(=O)(=O)CCCO[Si](C)(C)C(C)(C)C)c2=O)N1c1cccc(C(F)(F)F)c1. The zero-order chi connectivity index (χ0) is 36.5. The number of sulfone groups is 1. The lowest BCUT2D eigenvalue weighted by Gasteiger charge is -2.36. The van der Waals surface area contributed by atoms with Gasteiger partial charge in [-0.2, -0.15) is 18.4 Å². The third kappa shape index (κ3) is 8.17. The van der Waals surface area contributed by atoms with Crippen LogP contribution in [-0.2, 0) is 31.8 Å². The average Bonchev–Trinajstić information content (AvgIpc) is 3.32. The number of allylic oxidation sites excluding steroid dienone is 1. The molecule has 0 saturated heterocycles. The number of halogens is 3. The van der Waals surface area contributed by atoms with E-state index < -0.39 is 47.6 Å². The van der Waals surface area contributed by atoms with Crippen molar-refractivity contribution in [1.29, 1.82) is 5.26 Å². The van der Waals surface area contributed by atoms with Crippen molar-refractivity contribution in [3.63, 3.8) is 0 Å². The molecule has 1 aliphatic heterocycles. The number of aryl methyl sites for hydroxylation is 1. The Kier molecular flexibility index (Phi) is 10.7. The van der Waals surface area contributed by atoms with Crippen LogP contribution in [0.3, 0.4) is 0 Å². The Labute approximate surface area is 284 Å². The lowest BCUT2D eigenvalue weighted by molar-refractivity contribution is -0.137. The monoisotopic (exact) mass is 719 g/mol. The summed E-state index contributed by atoms with van der Waals surface area (Å²) in [6.45, 7) is 12.0. The van der Waals surface area contributed by atoms with Gasteiger partial charge in [-0.3, -0.25) is 4.90 Å². The molecule has 264 valence electrons. The first-order chi connectivity index (χ1) is 22.7. The quantitative estimate of drug-likeness (QED) is 0.169. The van der Waals surface area contributed by atoms with E-state index >= 15 is 0 Å². The first-order valence-corrected chi connectivity index (χ1v) is 20.4. The van der Waals surface area contributed by atoms with Crippen molar-refractivity contribution >= 4 is 35.8 Å². The number of aromatic nitrogens is 3. The van der Waals surface area contributed by atoms with Gasteiger partial charge in [-0.05, 0) is 73.8 Å². The molecule has 1 aromatic heterocycles. The lowest BCUT2D eigenvalue weighted by Crippen LogP contribution is -2.41. The van der Waals surface area contributed by atoms with Crippen molar-refractivity contribution in [3.05, 3.63) is 87.0 Å². The van der Waals surface area contributed by atoms with Gasteiger partial charge in [0.05, 0.1) is 34.3 Å². The van der Waals surface area contributed by atoms with E-state index in [0.29, 0.717) is 24.2 Å². The summed E-state index contributed by atoms with van der Waals surface area (Å²) in [4.78, 5) is 27.9. The Morgan fingerprint density at radius 2 is 1.71 bits per heavy atom. The highest BCUT2D eigenvalue weighted by Gasteiger charge is 2.41. The van der Waals surface area contributed by atoms with Crippen LogP contribution in [-0.4, -0.2) is 60.3 Å². The van der Waals surface area contributed by atoms with Gasteiger partial charge >= 0.3 is 17.8 Å². The molecule has 1 atom stereocenters. The van der Waals surface area contributed by atoms with Crippen molar-refractivity contribution in [1.82, 2.24) is 14.3 Å². The van der Waals surface area contributed by atoms with Crippen LogP contribution in [0.4, 0.5) is 24.8 Å². The van der Waals surface area contributed by atoms with E-state index in [1.807, 2.05) is 6.07 Å². The maximum atomic E-state index is 14.0. The molecule has 0 bridgehead atoms. The Balaban J connectivity index is 1.69. The van der Waals surface area contributed by atoms with E-state index in [1.54, 1.807) is 0 Å². The van der Waals surface area contributed by atoms with E-state index in [2.05, 4.69) is 39.0 Å². The predicted molar refractivity (Wildman–Crippen MR) is 181 cm³/mol. The molecule has 0 fully saturated rings. The number of benzene rings is 2. The van der Waals surface area contributed by atoms with Crippen LogP contribution in [0.15, 0.2) is 64.6 Å². The largest absolute Gasteiger partial charge is 0.478 e. The van der Waals surface area contributed by atoms with Crippen molar-refractivity contribution < 1.29 is 35.9 Å². The molecule has 1 aliphatic rings. The summed E-state index contributed by atoms with van der Waals surface area (Å²) in [5.41, 5.74) is -1.51. The van der Waals surface area contributed by atoms with Gasteiger partial charge in [-0.25, -0.2) is 27.3 Å². The zero-order valence-corrected chi connectivity index (χ0v) is 30.0. The fourth-order valence-electron chi connectivity index (χ4n) is 5.35. The summed E-state index contributed by atoms with van der Waals surface area (Å²) in [5.74, 6) is -1.93. The minimum absolute atomic E-state index is 0.00503. The number of hydrogen-bond acceptors (Lipinski definition) is 8. The zero-order valence-electron chi connectivity index (χ0n) is 28.2. The van der Waals surface area contributed by atoms with Gasteiger partial charge in [0.25, 0.3) is 0 Å². The highest BCUT2D eigenvalue weighted by molar-refractivity contribution is 7.91. The Bertz CT molecular complexity index is 1960. The van der Waals surface area contributed by atoms with Crippen molar-refractivity contribution in [2.24, 2.45) is 0 Å². The number of alkyl halides is 3. The van der Waals surface area contributed by atoms with E-state index in [0.717, 1.165) is 21.4 Å². The van der Waals surface area contributed by atoms with Crippen molar-refractivity contribution in [2.45, 2.75) is 77.4 Å². The van der Waals surface area contributed by atoms with Crippen LogP contribution in [0.2, 0.25) is 18.1 Å². The minimum atomic E-state index is -4.70. The van der Waals surface area contributed by atoms with Crippen LogP contribution >= 0.6 is 0 Å². The molecular formula is C33H40F3N5O6SSi. The van der Waals surface area contributed by atoms with E-state index in [4.69, 9.17) is 4.43 Å². The van der Waals surface area contributed by atoms with E-state index in [9.17, 15) is 41.5 Å². The smallest absolute Gasteiger partial charge is 0.416 e. The molecule has 0 saturated carbocycles. The molecule has 11 nitrogen and oxygen atoms in total. The molecule has 16 heteroatoms. The van der Waals surface area contributed by atoms with Crippen LogP contribution in [0.5, 0.6) is 0 Å². The number of fused-ring (bicyclic) bond motifs is 1. The Morgan fingerprint density at radius 3 is 2.29 bits per heavy atom. The summed E-state index contributed by atoms with van der Waals surface area (Å²) in [6, 6.07) is 10.8. The number of rotatable bonds is 12. The summed E-state index contributed by atoms with van der Waals surface area (Å²) in [7, 11) is -5.56. The third-order valence-electron chi connectivity index (χ3n) is 9.02. The fourth-order valence-corrected chi connectivity index (χ4v) is 7.77. The number of carbonyl (C=O) groups is 1. The highest BCUT2D eigenvalue weighted by atomic mass is 32.2. The molecule has 3 aromatic rings. The fraction of sp³-hybridized carbons (Fsp3) is 0.455. The predicted octanol–water partition coefficient (Wildman–Crippen LogP) is 6.25. The van der Waals surface area contributed by atoms with Gasteiger partial charge in [-0.1, -0.05) is 39.0 Å². The topological polar surface area (TPSA) is 148 Å². The molecule has 0 radical (unpaired) electrons. The lowest BCUT2D eigenvalue weighted by atomic mass is 9.94. The highest BCUT2D eigenvalue weighted by Crippen LogP contribution is 2.43. The van der Waals surface area contributed by atoms with Gasteiger partial charge in [-0.15, -0.1) is 5.10 Å². The Morgan fingerprint density at radius 1 is 1.08 bits per heavy atom. The number of carboxylic acids is 1. The number of hydrogen-bond donors (Lipinski definition) is 1. The summed E-state index contributed by atoms with van der Waals surface area (Å²) in [5, 5.41) is 24.1. The van der Waals surface area contributed by atoms with Gasteiger partial charge in [0.2, 0.25) is 5.95 Å². The second-order valence-electron chi connectivity index (χ2n) is 13.5. The van der Waals surface area contributed by atoms with Crippen LogP contribution in [0, 0.1) is 11.3 Å². The first-order valence-electron chi connectivity index (χ1n) is 15.6. The normalized spacial score (nSPS) is 15.7. The summed E-state index contributed by atoms with van der Waals surface area (Å²) < 4.78 is 75.0. The first kappa shape index (κ1) is 37.6. The average molecular weight is 720 g/mol. The summed E-state index contributed by atoms with van der Waals surface area (Å²) >= 11 is 0. The second kappa shape index (κ2) is 14.0. The molecule has 1 unspecified atom stereocenters. The molecule has 1 N–H and O–H groups in total. The standard InChI is InChI=1S/C33H40F3N5O6SSi/c1-22-27(29(42)43)28(24-14-12-23(21-37)13-15-24)41-30(40(22)26-11-7-10-25(20-26)33(34,35)36)38-39(31(41)44)16-8-18-48(45,46)19-9-17-47-49(5,6)32(2,3)4/h7,10-15,20,28H,8-9,16-19H2,1-6H3,(H,42,43). The number of anilines is 2. The van der Waals surface area contributed by atoms with Gasteiger partial charge in [0.1, 0.15) is 15.9 Å². The molecule has 0 spiro atoms. The molecule has 0 amide bonds. The third-order valence-corrected chi connectivity index (χ3v) is 15.4. The maximum absolute atomic E-state index is 14.0. The number of nitrogens with zero attached hydrogens (tertiary/aromatic N) is 5. The maximum Gasteiger partial charge on any atom is 0.416 e. The van der Waals surface area contributed by atoms with Crippen molar-refractivity contribution in [2.75, 3.05) is 23.0 Å². The van der Waals surface area contributed by atoms with Crippen LogP contribution < -0.4 is 10.6 Å². The van der Waals surface area contributed by atoms with Crippen molar-refractivity contribution in [3.8, 4) is 6.07 Å². The van der Waals surface area contributed by atoms with E-state index in [-0.39, 0.29) is 52.4 Å². The van der Waals surface area contributed by atoms with Crippen LogP contribution in [0.1, 0.15) is 63.3 Å². The number of nitriles is 1. The van der Waals surface area contributed by atoms with Gasteiger partial charge in [0, 0.05) is 24.5 Å². The molecule has 0 aliphatic carbocycles. The number of aliphatic carboxylic acids is 1.